The molecule has 1 aromatic carbocycles. The van der Waals surface area contributed by atoms with Crippen molar-refractivity contribution in [3.05, 3.63) is 72.3 Å². The number of hydrogen-bond donors (Lipinski definition) is 0. The number of alkyl halides is 3. The Kier molecular flexibility index (Phi) is 5.84. The maximum absolute atomic E-state index is 13.2. The van der Waals surface area contributed by atoms with Crippen molar-refractivity contribution in [2.45, 2.75) is 13.1 Å². The summed E-state index contributed by atoms with van der Waals surface area (Å²) in [6, 6.07) is 11.6. The van der Waals surface area contributed by atoms with Crippen LogP contribution in [0.1, 0.15) is 12.5 Å². The van der Waals surface area contributed by atoms with E-state index in [9.17, 15) is 17.6 Å². The van der Waals surface area contributed by atoms with Crippen LogP contribution in [0.25, 0.3) is 28.2 Å². The van der Waals surface area contributed by atoms with E-state index in [1.807, 2.05) is 0 Å². The van der Waals surface area contributed by atoms with Gasteiger partial charge in [0.2, 0.25) is 18.2 Å². The monoisotopic (exact) mass is 449 g/mol. The Hall–Kier alpha value is -3.11. The summed E-state index contributed by atoms with van der Waals surface area (Å²) in [5, 5.41) is 0. The molecule has 4 rings (SSSR count). The quantitative estimate of drug-likeness (QED) is 0.199. The number of imidazole rings is 1. The zero-order valence-electron chi connectivity index (χ0n) is 16.1. The van der Waals surface area contributed by atoms with Gasteiger partial charge >= 0.3 is 6.18 Å². The van der Waals surface area contributed by atoms with Crippen molar-refractivity contribution >= 4 is 18.0 Å². The molecule has 160 valence electrons. The van der Waals surface area contributed by atoms with Crippen LogP contribution in [0.4, 0.5) is 17.6 Å². The van der Waals surface area contributed by atoms with E-state index in [0.717, 1.165) is 23.4 Å². The molecule has 0 saturated heterocycles. The van der Waals surface area contributed by atoms with Gasteiger partial charge in [-0.15, -0.1) is 0 Å². The second kappa shape index (κ2) is 8.56. The first kappa shape index (κ1) is 21.1. The highest BCUT2D eigenvalue weighted by Gasteiger charge is 2.32. The summed E-state index contributed by atoms with van der Waals surface area (Å²) in [7, 11) is 0. The molecule has 0 N–H and O–H groups in total. The van der Waals surface area contributed by atoms with E-state index >= 15 is 0 Å². The number of benzene rings is 1. The summed E-state index contributed by atoms with van der Waals surface area (Å²) >= 11 is 0.644. The molecular formula is C21H15F4N3O2S. The van der Waals surface area contributed by atoms with Crippen molar-refractivity contribution in [3.8, 4) is 28.4 Å². The molecule has 0 atom stereocenters. The van der Waals surface area contributed by atoms with Crippen molar-refractivity contribution in [2.24, 2.45) is 0 Å². The predicted molar refractivity (Wildman–Crippen MR) is 109 cm³/mol. The van der Waals surface area contributed by atoms with Gasteiger partial charge < -0.3 is 4.18 Å². The Balaban J connectivity index is 1.76. The summed E-state index contributed by atoms with van der Waals surface area (Å²) in [6.45, 7) is 2.10. The van der Waals surface area contributed by atoms with Gasteiger partial charge in [0.15, 0.2) is 5.69 Å². The number of rotatable bonds is 6. The Morgan fingerprint density at radius 1 is 1.00 bits per heavy atom. The molecule has 0 unspecified atom stereocenters. The minimum absolute atomic E-state index is 0.0570. The standard InChI is InChI=1S/C21H15F4N3O2S/c1-2-29-31-30-20-19(27-18-10-6-15(12-28(18)20)21(23,24)25)17-9-5-14(11-26-17)13-3-7-16(22)8-4-13/h3-12H,2H2,1H3. The molecule has 0 spiro atoms. The van der Waals surface area contributed by atoms with E-state index in [1.165, 1.54) is 22.6 Å². The molecule has 0 radical (unpaired) electrons. The summed E-state index contributed by atoms with van der Waals surface area (Å²) in [5.41, 5.74) is 1.61. The first-order chi connectivity index (χ1) is 14.9. The van der Waals surface area contributed by atoms with Gasteiger partial charge in [0.05, 0.1) is 17.9 Å². The molecule has 0 aliphatic rings. The Morgan fingerprint density at radius 2 is 1.74 bits per heavy atom. The fourth-order valence-corrected chi connectivity index (χ4v) is 3.26. The number of halogens is 4. The molecule has 0 amide bonds. The van der Waals surface area contributed by atoms with Crippen molar-refractivity contribution < 1.29 is 25.9 Å². The van der Waals surface area contributed by atoms with Crippen LogP contribution in [-0.2, 0) is 10.4 Å². The number of nitrogens with zero attached hydrogens (tertiary/aromatic N) is 3. The zero-order chi connectivity index (χ0) is 22.0. The Labute approximate surface area is 179 Å². The fraction of sp³-hybridized carbons (Fsp3) is 0.143. The van der Waals surface area contributed by atoms with Gasteiger partial charge in [-0.1, -0.05) is 18.2 Å². The lowest BCUT2D eigenvalue weighted by Gasteiger charge is -2.09. The highest BCUT2D eigenvalue weighted by atomic mass is 32.2. The average molecular weight is 449 g/mol. The van der Waals surface area contributed by atoms with Gasteiger partial charge in [-0.05, 0) is 42.8 Å². The topological polar surface area (TPSA) is 48.7 Å². The Morgan fingerprint density at radius 3 is 2.39 bits per heavy atom. The molecule has 4 aromatic rings. The van der Waals surface area contributed by atoms with Crippen LogP contribution >= 0.6 is 12.3 Å². The van der Waals surface area contributed by atoms with Crippen molar-refractivity contribution in [1.29, 1.82) is 0 Å². The molecule has 0 bridgehead atoms. The van der Waals surface area contributed by atoms with E-state index in [-0.39, 0.29) is 23.0 Å². The third-order valence-corrected chi connectivity index (χ3v) is 4.92. The highest BCUT2D eigenvalue weighted by molar-refractivity contribution is 7.90. The SMILES string of the molecule is CCOSOc1c(-c2ccc(-c3ccc(F)cc3)cn2)nc2ccc(C(F)(F)F)cn12. The molecule has 0 fully saturated rings. The van der Waals surface area contributed by atoms with Crippen LogP contribution in [0.5, 0.6) is 5.88 Å². The summed E-state index contributed by atoms with van der Waals surface area (Å²) in [5.74, 6) is -0.286. The number of pyridine rings is 2. The second-order valence-corrected chi connectivity index (χ2v) is 6.94. The molecule has 5 nitrogen and oxygen atoms in total. The molecule has 3 aromatic heterocycles. The third kappa shape index (κ3) is 4.49. The van der Waals surface area contributed by atoms with Crippen molar-refractivity contribution in [1.82, 2.24) is 14.4 Å². The minimum Gasteiger partial charge on any atom is -0.379 e. The second-order valence-electron chi connectivity index (χ2n) is 6.41. The van der Waals surface area contributed by atoms with Crippen LogP contribution in [0, 0.1) is 5.82 Å². The van der Waals surface area contributed by atoms with E-state index in [0.29, 0.717) is 24.6 Å². The van der Waals surface area contributed by atoms with Crippen LogP contribution in [0.3, 0.4) is 0 Å². The smallest absolute Gasteiger partial charge is 0.379 e. The largest absolute Gasteiger partial charge is 0.417 e. The molecule has 10 heteroatoms. The fourth-order valence-electron chi connectivity index (χ4n) is 2.89. The van der Waals surface area contributed by atoms with Crippen LogP contribution in [0.15, 0.2) is 60.9 Å². The normalized spacial score (nSPS) is 11.8. The lowest BCUT2D eigenvalue weighted by molar-refractivity contribution is -0.137. The van der Waals surface area contributed by atoms with Gasteiger partial charge in [-0.2, -0.15) is 13.2 Å². The maximum atomic E-state index is 13.2. The molecular weight excluding hydrogens is 434 g/mol. The summed E-state index contributed by atoms with van der Waals surface area (Å²) in [6.07, 6.45) is -2.02. The first-order valence-corrected chi connectivity index (χ1v) is 9.81. The van der Waals surface area contributed by atoms with Crippen LogP contribution in [0.2, 0.25) is 0 Å². The average Bonchev–Trinajstić information content (AvgIpc) is 3.12. The lowest BCUT2D eigenvalue weighted by Crippen LogP contribution is -2.06. The highest BCUT2D eigenvalue weighted by Crippen LogP contribution is 2.36. The third-order valence-electron chi connectivity index (χ3n) is 4.36. The molecule has 0 aliphatic heterocycles. The van der Waals surface area contributed by atoms with Gasteiger partial charge in [0, 0.05) is 18.0 Å². The van der Waals surface area contributed by atoms with E-state index in [2.05, 4.69) is 9.97 Å². The molecule has 31 heavy (non-hydrogen) atoms. The van der Waals surface area contributed by atoms with Gasteiger partial charge in [-0.3, -0.25) is 13.6 Å². The predicted octanol–water partition coefficient (Wildman–Crippen LogP) is 6.20. The number of hydrogen-bond acceptors (Lipinski definition) is 5. The summed E-state index contributed by atoms with van der Waals surface area (Å²) in [4.78, 5) is 8.77. The van der Waals surface area contributed by atoms with E-state index < -0.39 is 11.7 Å². The lowest BCUT2D eigenvalue weighted by atomic mass is 10.1. The number of fused-ring (bicyclic) bond motifs is 1. The zero-order valence-corrected chi connectivity index (χ0v) is 16.9. The van der Waals surface area contributed by atoms with E-state index in [4.69, 9.17) is 8.37 Å². The van der Waals surface area contributed by atoms with Crippen molar-refractivity contribution in [3.63, 3.8) is 0 Å². The number of aromatic nitrogens is 3. The van der Waals surface area contributed by atoms with Gasteiger partial charge in [0.1, 0.15) is 11.5 Å². The van der Waals surface area contributed by atoms with Crippen LogP contribution < -0.4 is 4.18 Å². The van der Waals surface area contributed by atoms with Gasteiger partial charge in [0.25, 0.3) is 0 Å². The van der Waals surface area contributed by atoms with Gasteiger partial charge in [-0.25, -0.2) is 9.37 Å². The first-order valence-electron chi connectivity index (χ1n) is 9.14. The summed E-state index contributed by atoms with van der Waals surface area (Å²) < 4.78 is 64.5. The molecule has 3 heterocycles. The maximum Gasteiger partial charge on any atom is 0.417 e. The minimum atomic E-state index is -4.52. The Bertz CT molecular complexity index is 1190. The molecule has 0 aliphatic carbocycles. The molecule has 0 saturated carbocycles. The van der Waals surface area contributed by atoms with E-state index in [1.54, 1.807) is 37.4 Å². The van der Waals surface area contributed by atoms with Crippen LogP contribution in [-0.4, -0.2) is 21.0 Å². The van der Waals surface area contributed by atoms with Crippen molar-refractivity contribution in [2.75, 3.05) is 6.61 Å².